The van der Waals surface area contributed by atoms with E-state index in [4.69, 9.17) is 4.74 Å². The van der Waals surface area contributed by atoms with Crippen LogP contribution in [0.4, 0.5) is 5.95 Å². The molecule has 0 aliphatic heterocycles. The largest absolute Gasteiger partial charge is 0.496 e. The summed E-state index contributed by atoms with van der Waals surface area (Å²) in [7, 11) is 3.51. The van der Waals surface area contributed by atoms with Crippen molar-refractivity contribution in [2.45, 2.75) is 20.8 Å². The van der Waals surface area contributed by atoms with Gasteiger partial charge in [-0.1, -0.05) is 0 Å². The fraction of sp³-hybridized carbons (Fsp3) is 0.333. The van der Waals surface area contributed by atoms with E-state index < -0.39 is 0 Å². The molecule has 1 aromatic carbocycles. The van der Waals surface area contributed by atoms with Gasteiger partial charge in [-0.05, 0) is 50.1 Å². The van der Waals surface area contributed by atoms with Gasteiger partial charge in [-0.3, -0.25) is 0 Å². The lowest BCUT2D eigenvalue weighted by Crippen LogP contribution is -2.00. The van der Waals surface area contributed by atoms with E-state index in [1.165, 1.54) is 0 Å². The maximum atomic E-state index is 5.34. The molecule has 1 heterocycles. The number of rotatable bonds is 3. The van der Waals surface area contributed by atoms with E-state index in [-0.39, 0.29) is 0 Å². The SMILES string of the molecule is CNc1nc(C)cc(-c2cc(C)c(OC)cc2C)n1. The molecule has 0 radical (unpaired) electrons. The van der Waals surface area contributed by atoms with Crippen molar-refractivity contribution in [3.63, 3.8) is 0 Å². The maximum Gasteiger partial charge on any atom is 0.223 e. The van der Waals surface area contributed by atoms with Crippen LogP contribution in [-0.4, -0.2) is 24.1 Å². The van der Waals surface area contributed by atoms with Crippen molar-refractivity contribution >= 4 is 5.95 Å². The van der Waals surface area contributed by atoms with Gasteiger partial charge in [-0.25, -0.2) is 9.97 Å². The molecule has 0 atom stereocenters. The topological polar surface area (TPSA) is 47.0 Å². The van der Waals surface area contributed by atoms with Crippen LogP contribution in [0, 0.1) is 20.8 Å². The molecule has 1 N–H and O–H groups in total. The molecule has 100 valence electrons. The van der Waals surface area contributed by atoms with Crippen molar-refractivity contribution in [2.75, 3.05) is 19.5 Å². The zero-order valence-electron chi connectivity index (χ0n) is 12.0. The first-order chi connectivity index (χ1) is 9.05. The lowest BCUT2D eigenvalue weighted by molar-refractivity contribution is 0.411. The molecule has 0 saturated heterocycles. The summed E-state index contributed by atoms with van der Waals surface area (Å²) < 4.78 is 5.34. The molecule has 2 aromatic rings. The average molecular weight is 257 g/mol. The van der Waals surface area contributed by atoms with E-state index in [9.17, 15) is 0 Å². The lowest BCUT2D eigenvalue weighted by Gasteiger charge is -2.12. The first kappa shape index (κ1) is 13.3. The van der Waals surface area contributed by atoms with Gasteiger partial charge < -0.3 is 10.1 Å². The zero-order valence-corrected chi connectivity index (χ0v) is 12.0. The minimum Gasteiger partial charge on any atom is -0.496 e. The Labute approximate surface area is 113 Å². The molecule has 0 bridgehead atoms. The van der Waals surface area contributed by atoms with Crippen molar-refractivity contribution in [1.82, 2.24) is 9.97 Å². The minimum atomic E-state index is 0.642. The molecular formula is C15H19N3O. The summed E-state index contributed by atoms with van der Waals surface area (Å²) in [6.07, 6.45) is 0. The average Bonchev–Trinajstić information content (AvgIpc) is 2.40. The second kappa shape index (κ2) is 5.26. The molecule has 0 spiro atoms. The van der Waals surface area contributed by atoms with Gasteiger partial charge >= 0.3 is 0 Å². The van der Waals surface area contributed by atoms with E-state index >= 15 is 0 Å². The lowest BCUT2D eigenvalue weighted by atomic mass is 10.0. The summed E-state index contributed by atoms with van der Waals surface area (Å²) in [6, 6.07) is 6.14. The zero-order chi connectivity index (χ0) is 14.0. The van der Waals surface area contributed by atoms with Gasteiger partial charge in [0.1, 0.15) is 5.75 Å². The van der Waals surface area contributed by atoms with Crippen LogP contribution in [0.3, 0.4) is 0 Å². The third-order valence-corrected chi connectivity index (χ3v) is 3.10. The number of hydrogen-bond acceptors (Lipinski definition) is 4. The number of methoxy groups -OCH3 is 1. The molecule has 2 rings (SSSR count). The summed E-state index contributed by atoms with van der Waals surface area (Å²) in [5, 5.41) is 2.99. The number of hydrogen-bond donors (Lipinski definition) is 1. The predicted molar refractivity (Wildman–Crippen MR) is 77.8 cm³/mol. The highest BCUT2D eigenvalue weighted by atomic mass is 16.5. The predicted octanol–water partition coefficient (Wildman–Crippen LogP) is 3.12. The van der Waals surface area contributed by atoms with E-state index in [1.807, 2.05) is 33.0 Å². The first-order valence-corrected chi connectivity index (χ1v) is 6.24. The smallest absolute Gasteiger partial charge is 0.223 e. The molecular weight excluding hydrogens is 238 g/mol. The van der Waals surface area contributed by atoms with Gasteiger partial charge in [-0.2, -0.15) is 0 Å². The normalized spacial score (nSPS) is 10.4. The number of aromatic nitrogens is 2. The van der Waals surface area contributed by atoms with Crippen molar-refractivity contribution in [3.8, 4) is 17.0 Å². The van der Waals surface area contributed by atoms with Crippen molar-refractivity contribution < 1.29 is 4.74 Å². The quantitative estimate of drug-likeness (QED) is 0.917. The van der Waals surface area contributed by atoms with Crippen molar-refractivity contribution in [1.29, 1.82) is 0 Å². The van der Waals surface area contributed by atoms with Crippen molar-refractivity contribution in [3.05, 3.63) is 35.0 Å². The van der Waals surface area contributed by atoms with E-state index in [0.29, 0.717) is 5.95 Å². The second-order valence-electron chi connectivity index (χ2n) is 4.60. The van der Waals surface area contributed by atoms with Gasteiger partial charge in [-0.15, -0.1) is 0 Å². The Morgan fingerprint density at radius 3 is 2.37 bits per heavy atom. The van der Waals surface area contributed by atoms with E-state index in [1.54, 1.807) is 7.11 Å². The number of nitrogens with zero attached hydrogens (tertiary/aromatic N) is 2. The van der Waals surface area contributed by atoms with Crippen LogP contribution in [0.15, 0.2) is 18.2 Å². The Morgan fingerprint density at radius 2 is 1.74 bits per heavy atom. The summed E-state index contributed by atoms with van der Waals surface area (Å²) in [5.41, 5.74) is 5.23. The number of ether oxygens (including phenoxy) is 1. The van der Waals surface area contributed by atoms with Gasteiger partial charge in [0, 0.05) is 18.3 Å². The highest BCUT2D eigenvalue weighted by Crippen LogP contribution is 2.29. The van der Waals surface area contributed by atoms with Gasteiger partial charge in [0.2, 0.25) is 5.95 Å². The molecule has 4 heteroatoms. The molecule has 0 aliphatic carbocycles. The van der Waals surface area contributed by atoms with Crippen LogP contribution in [0.2, 0.25) is 0 Å². The number of anilines is 1. The van der Waals surface area contributed by atoms with Crippen LogP contribution < -0.4 is 10.1 Å². The summed E-state index contributed by atoms with van der Waals surface area (Å²) in [6.45, 7) is 6.07. The standard InChI is InChI=1S/C15H19N3O/c1-9-7-14(19-5)10(2)6-12(9)13-8-11(3)17-15(16-4)18-13/h6-8H,1-5H3,(H,16,17,18). The Hall–Kier alpha value is -2.10. The summed E-state index contributed by atoms with van der Waals surface area (Å²) >= 11 is 0. The van der Waals surface area contributed by atoms with Crippen LogP contribution in [0.1, 0.15) is 16.8 Å². The molecule has 1 aromatic heterocycles. The van der Waals surface area contributed by atoms with E-state index in [2.05, 4.69) is 28.3 Å². The molecule has 0 fully saturated rings. The van der Waals surface area contributed by atoms with Crippen LogP contribution >= 0.6 is 0 Å². The van der Waals surface area contributed by atoms with Gasteiger partial charge in [0.25, 0.3) is 0 Å². The van der Waals surface area contributed by atoms with E-state index in [0.717, 1.165) is 33.8 Å². The Bertz CT molecular complexity index is 609. The monoisotopic (exact) mass is 257 g/mol. The van der Waals surface area contributed by atoms with Gasteiger partial charge in [0.05, 0.1) is 12.8 Å². The number of benzene rings is 1. The third-order valence-electron chi connectivity index (χ3n) is 3.10. The fourth-order valence-corrected chi connectivity index (χ4v) is 2.10. The summed E-state index contributed by atoms with van der Waals surface area (Å²) in [5.74, 6) is 1.55. The van der Waals surface area contributed by atoms with Crippen LogP contribution in [0.5, 0.6) is 5.75 Å². The minimum absolute atomic E-state index is 0.642. The van der Waals surface area contributed by atoms with Crippen LogP contribution in [-0.2, 0) is 0 Å². The highest BCUT2D eigenvalue weighted by Gasteiger charge is 2.10. The Morgan fingerprint density at radius 1 is 1.00 bits per heavy atom. The second-order valence-corrected chi connectivity index (χ2v) is 4.60. The molecule has 4 nitrogen and oxygen atoms in total. The molecule has 0 amide bonds. The number of nitrogens with one attached hydrogen (secondary N) is 1. The third kappa shape index (κ3) is 2.67. The summed E-state index contributed by atoms with van der Waals surface area (Å²) in [4.78, 5) is 8.83. The molecule has 0 saturated carbocycles. The van der Waals surface area contributed by atoms with Crippen molar-refractivity contribution in [2.24, 2.45) is 0 Å². The first-order valence-electron chi connectivity index (χ1n) is 6.24. The molecule has 0 unspecified atom stereocenters. The van der Waals surface area contributed by atoms with Gasteiger partial charge in [0.15, 0.2) is 0 Å². The van der Waals surface area contributed by atoms with Crippen LogP contribution in [0.25, 0.3) is 11.3 Å². The molecule has 19 heavy (non-hydrogen) atoms. The maximum absolute atomic E-state index is 5.34. The fourth-order valence-electron chi connectivity index (χ4n) is 2.10. The number of aryl methyl sites for hydroxylation is 3. The highest BCUT2D eigenvalue weighted by molar-refractivity contribution is 5.67. The Balaban J connectivity index is 2.58. The molecule has 0 aliphatic rings. The Kier molecular flexibility index (Phi) is 3.69.